The first-order valence-corrected chi connectivity index (χ1v) is 6.20. The van der Waals surface area contributed by atoms with Gasteiger partial charge in [-0.3, -0.25) is 9.59 Å². The summed E-state index contributed by atoms with van der Waals surface area (Å²) in [5.74, 6) is -1.03. The molecule has 1 heterocycles. The lowest BCUT2D eigenvalue weighted by Gasteiger charge is -2.35. The summed E-state index contributed by atoms with van der Waals surface area (Å²) in [6.45, 7) is 8.12. The van der Waals surface area contributed by atoms with Crippen molar-refractivity contribution in [3.8, 4) is 0 Å². The van der Waals surface area contributed by atoms with Gasteiger partial charge >= 0.3 is 5.97 Å². The van der Waals surface area contributed by atoms with Crippen molar-refractivity contribution in [1.29, 1.82) is 0 Å². The lowest BCUT2D eigenvalue weighted by Crippen LogP contribution is -2.43. The molecule has 1 unspecified atom stereocenters. The number of carbonyl (C=O) groups is 2. The van der Waals surface area contributed by atoms with Crippen LogP contribution in [-0.4, -0.2) is 35.0 Å². The van der Waals surface area contributed by atoms with E-state index in [1.54, 1.807) is 11.9 Å². The maximum atomic E-state index is 12.4. The molecule has 5 nitrogen and oxygen atoms in total. The highest BCUT2D eigenvalue weighted by molar-refractivity contribution is 5.96. The average molecular weight is 267 g/mol. The topological polar surface area (TPSA) is 70.8 Å². The highest BCUT2D eigenvalue weighted by Crippen LogP contribution is 2.25. The molecule has 106 valence electrons. The summed E-state index contributed by atoms with van der Waals surface area (Å²) in [4.78, 5) is 24.7. The third-order valence-corrected chi connectivity index (χ3v) is 3.44. The molecule has 1 amide bonds. The molecule has 0 bridgehead atoms. The second-order valence-electron chi connectivity index (χ2n) is 5.79. The van der Waals surface area contributed by atoms with Crippen LogP contribution < -0.4 is 0 Å². The summed E-state index contributed by atoms with van der Waals surface area (Å²) in [6.07, 6.45) is 1.06. The molecule has 0 aliphatic rings. The fourth-order valence-corrected chi connectivity index (χ4v) is 1.75. The quantitative estimate of drug-likeness (QED) is 0.909. The first-order valence-electron chi connectivity index (χ1n) is 6.20. The van der Waals surface area contributed by atoms with Crippen molar-refractivity contribution in [3.05, 3.63) is 23.7 Å². The lowest BCUT2D eigenvalue weighted by atomic mass is 9.87. The number of hydrogen-bond acceptors (Lipinski definition) is 3. The lowest BCUT2D eigenvalue weighted by molar-refractivity contribution is -0.136. The van der Waals surface area contributed by atoms with Gasteiger partial charge in [-0.25, -0.2) is 0 Å². The van der Waals surface area contributed by atoms with E-state index in [-0.39, 0.29) is 29.5 Å². The molecule has 0 fully saturated rings. The number of carbonyl (C=O) groups excluding carboxylic acids is 1. The Labute approximate surface area is 113 Å². The summed E-state index contributed by atoms with van der Waals surface area (Å²) in [6, 6.07) is 1.54. The predicted molar refractivity (Wildman–Crippen MR) is 71.1 cm³/mol. The first kappa shape index (κ1) is 15.3. The highest BCUT2D eigenvalue weighted by atomic mass is 16.4. The number of carboxylic acid groups (broad SMARTS) is 1. The Balaban J connectivity index is 2.95. The van der Waals surface area contributed by atoms with Crippen LogP contribution in [0.15, 0.2) is 16.7 Å². The number of hydrogen-bond donors (Lipinski definition) is 1. The molecule has 1 N–H and O–H groups in total. The van der Waals surface area contributed by atoms with Gasteiger partial charge in [0.25, 0.3) is 5.91 Å². The van der Waals surface area contributed by atoms with E-state index in [9.17, 15) is 9.59 Å². The molecule has 1 aromatic heterocycles. The largest absolute Gasteiger partial charge is 0.481 e. The number of rotatable bonds is 4. The summed E-state index contributed by atoms with van der Waals surface area (Å²) in [5, 5.41) is 8.78. The van der Waals surface area contributed by atoms with Gasteiger partial charge in [0, 0.05) is 13.1 Å². The molecule has 0 radical (unpaired) electrons. The molecule has 0 saturated heterocycles. The van der Waals surface area contributed by atoms with Crippen LogP contribution >= 0.6 is 0 Å². The van der Waals surface area contributed by atoms with Crippen molar-refractivity contribution in [1.82, 2.24) is 4.90 Å². The van der Waals surface area contributed by atoms with Crippen LogP contribution in [0.25, 0.3) is 0 Å². The molecule has 0 aliphatic heterocycles. The maximum Gasteiger partial charge on any atom is 0.311 e. The maximum absolute atomic E-state index is 12.4. The van der Waals surface area contributed by atoms with Gasteiger partial charge < -0.3 is 14.4 Å². The van der Waals surface area contributed by atoms with Crippen molar-refractivity contribution in [2.24, 2.45) is 5.41 Å². The standard InChI is InChI=1S/C14H21NO4/c1-9(14(2,3)4)15(5)13(18)10-6-7-19-11(10)8-12(16)17/h6-7,9H,8H2,1-5H3,(H,16,17). The van der Waals surface area contributed by atoms with Crippen LogP contribution in [0.1, 0.15) is 43.8 Å². The number of aliphatic carboxylic acids is 1. The molecule has 1 atom stereocenters. The Hall–Kier alpha value is -1.78. The number of furan rings is 1. The Morgan fingerprint density at radius 1 is 1.42 bits per heavy atom. The van der Waals surface area contributed by atoms with E-state index < -0.39 is 5.97 Å². The van der Waals surface area contributed by atoms with Gasteiger partial charge in [-0.15, -0.1) is 0 Å². The zero-order valence-electron chi connectivity index (χ0n) is 12.1. The SMILES string of the molecule is CC(N(C)C(=O)c1ccoc1CC(=O)O)C(C)(C)C. The molecule has 0 saturated carbocycles. The van der Waals surface area contributed by atoms with Crippen molar-refractivity contribution >= 4 is 11.9 Å². The normalized spacial score (nSPS) is 13.1. The van der Waals surface area contributed by atoms with Crippen molar-refractivity contribution in [2.75, 3.05) is 7.05 Å². The Morgan fingerprint density at radius 2 is 2.00 bits per heavy atom. The number of carboxylic acids is 1. The van der Waals surface area contributed by atoms with E-state index in [1.165, 1.54) is 12.3 Å². The van der Waals surface area contributed by atoms with Crippen molar-refractivity contribution in [3.63, 3.8) is 0 Å². The van der Waals surface area contributed by atoms with Crippen LogP contribution in [0.3, 0.4) is 0 Å². The Morgan fingerprint density at radius 3 is 2.47 bits per heavy atom. The average Bonchev–Trinajstić information content (AvgIpc) is 2.72. The van der Waals surface area contributed by atoms with Gasteiger partial charge in [-0.2, -0.15) is 0 Å². The molecule has 0 aromatic carbocycles. The van der Waals surface area contributed by atoms with Gasteiger partial charge in [-0.05, 0) is 18.4 Å². The van der Waals surface area contributed by atoms with Crippen molar-refractivity contribution < 1.29 is 19.1 Å². The fourth-order valence-electron chi connectivity index (χ4n) is 1.75. The Kier molecular flexibility index (Phi) is 4.39. The minimum atomic E-state index is -1.02. The van der Waals surface area contributed by atoms with E-state index in [0.717, 1.165) is 0 Å². The minimum absolute atomic E-state index is 0.0209. The van der Waals surface area contributed by atoms with E-state index in [0.29, 0.717) is 5.56 Å². The molecule has 5 heteroatoms. The van der Waals surface area contributed by atoms with Crippen molar-refractivity contribution in [2.45, 2.75) is 40.2 Å². The molecule has 0 aliphatic carbocycles. The smallest absolute Gasteiger partial charge is 0.311 e. The summed E-state index contributed by atoms with van der Waals surface area (Å²) in [5.41, 5.74) is 0.266. The Bertz CT molecular complexity index is 470. The minimum Gasteiger partial charge on any atom is -0.481 e. The molecular formula is C14H21NO4. The fraction of sp³-hybridized carbons (Fsp3) is 0.571. The summed E-state index contributed by atoms with van der Waals surface area (Å²) in [7, 11) is 1.72. The zero-order valence-corrected chi connectivity index (χ0v) is 12.1. The van der Waals surface area contributed by atoms with E-state index >= 15 is 0 Å². The molecular weight excluding hydrogens is 246 g/mol. The van der Waals surface area contributed by atoms with E-state index in [2.05, 4.69) is 20.8 Å². The third-order valence-electron chi connectivity index (χ3n) is 3.44. The second kappa shape index (κ2) is 5.47. The van der Waals surface area contributed by atoms with Gasteiger partial charge in [0.2, 0.25) is 0 Å². The molecule has 1 aromatic rings. The summed E-state index contributed by atoms with van der Waals surface area (Å²) >= 11 is 0. The van der Waals surface area contributed by atoms with Gasteiger partial charge in [0.15, 0.2) is 0 Å². The molecule has 0 spiro atoms. The van der Waals surface area contributed by atoms with Crippen LogP contribution in [-0.2, 0) is 11.2 Å². The zero-order chi connectivity index (χ0) is 14.8. The van der Waals surface area contributed by atoms with Crippen LogP contribution in [0.5, 0.6) is 0 Å². The predicted octanol–water partition coefficient (Wildman–Crippen LogP) is 2.41. The van der Waals surface area contributed by atoms with Gasteiger partial charge in [-0.1, -0.05) is 20.8 Å². The van der Waals surface area contributed by atoms with Crippen LogP contribution in [0.4, 0.5) is 0 Å². The number of amides is 1. The van der Waals surface area contributed by atoms with E-state index in [4.69, 9.17) is 9.52 Å². The third kappa shape index (κ3) is 3.59. The first-order chi connectivity index (χ1) is 8.64. The molecule has 1 rings (SSSR count). The monoisotopic (exact) mass is 267 g/mol. The van der Waals surface area contributed by atoms with E-state index in [1.807, 2.05) is 6.92 Å². The highest BCUT2D eigenvalue weighted by Gasteiger charge is 2.29. The van der Waals surface area contributed by atoms with Gasteiger partial charge in [0.05, 0.1) is 11.8 Å². The summed E-state index contributed by atoms with van der Waals surface area (Å²) < 4.78 is 5.08. The second-order valence-corrected chi connectivity index (χ2v) is 5.79. The number of nitrogens with zero attached hydrogens (tertiary/aromatic N) is 1. The van der Waals surface area contributed by atoms with Crippen LogP contribution in [0, 0.1) is 5.41 Å². The van der Waals surface area contributed by atoms with Crippen LogP contribution in [0.2, 0.25) is 0 Å². The van der Waals surface area contributed by atoms with Gasteiger partial charge in [0.1, 0.15) is 12.2 Å². The molecule has 19 heavy (non-hydrogen) atoms.